The van der Waals surface area contributed by atoms with Gasteiger partial charge in [-0.3, -0.25) is 4.57 Å². The standard InChI is InChI=1S/C28H28F6N4O2/c1-14-36-37-25-27(2,3)35-20-13-21(40-26(30)31)22(23(29)24(20)38(14)25)17-10-7-9-15-16(8-5-6-11-39-4)19(12-18(15)17)28(32,33)34/h7,9-10,12-13,16,26,35H,5-6,8,11H2,1-4H3. The number of halogens is 6. The summed E-state index contributed by atoms with van der Waals surface area (Å²) in [5.41, 5.74) is -1.34. The lowest BCUT2D eigenvalue weighted by Gasteiger charge is -2.34. The second-order valence-corrected chi connectivity index (χ2v) is 10.4. The fourth-order valence-electron chi connectivity index (χ4n) is 5.67. The summed E-state index contributed by atoms with van der Waals surface area (Å²) in [5, 5.41) is 11.3. The summed E-state index contributed by atoms with van der Waals surface area (Å²) in [6, 6.07) is 5.73. The smallest absolute Gasteiger partial charge is 0.413 e. The van der Waals surface area contributed by atoms with Crippen LogP contribution >= 0.6 is 0 Å². The summed E-state index contributed by atoms with van der Waals surface area (Å²) in [7, 11) is 1.52. The molecular weight excluding hydrogens is 538 g/mol. The molecule has 0 amide bonds. The largest absolute Gasteiger partial charge is 0.434 e. The predicted molar refractivity (Wildman–Crippen MR) is 137 cm³/mol. The van der Waals surface area contributed by atoms with E-state index in [2.05, 4.69) is 15.5 Å². The third kappa shape index (κ3) is 4.71. The zero-order valence-electron chi connectivity index (χ0n) is 22.3. The second-order valence-electron chi connectivity index (χ2n) is 10.4. The zero-order chi connectivity index (χ0) is 29.0. The number of unbranched alkanes of at least 4 members (excludes halogenated alkanes) is 1. The van der Waals surface area contributed by atoms with Gasteiger partial charge < -0.3 is 14.8 Å². The number of nitrogens with zero attached hydrogens (tertiary/aromatic N) is 3. The van der Waals surface area contributed by atoms with Crippen molar-refractivity contribution in [3.63, 3.8) is 0 Å². The molecule has 0 radical (unpaired) electrons. The van der Waals surface area contributed by atoms with E-state index in [0.29, 0.717) is 36.7 Å². The molecule has 5 rings (SSSR count). The molecule has 3 aromatic rings. The number of fused-ring (bicyclic) bond motifs is 4. The van der Waals surface area contributed by atoms with Crippen LogP contribution in [0.4, 0.5) is 32.0 Å². The molecule has 2 aliphatic rings. The summed E-state index contributed by atoms with van der Waals surface area (Å²) < 4.78 is 97.6. The number of allylic oxidation sites excluding steroid dienone is 1. The lowest BCUT2D eigenvalue weighted by molar-refractivity contribution is -0.0947. The quantitative estimate of drug-likeness (QED) is 0.226. The molecule has 1 aliphatic heterocycles. The van der Waals surface area contributed by atoms with Crippen molar-refractivity contribution in [1.29, 1.82) is 0 Å². The highest BCUT2D eigenvalue weighted by Gasteiger charge is 2.44. The van der Waals surface area contributed by atoms with Gasteiger partial charge in [0, 0.05) is 31.3 Å². The van der Waals surface area contributed by atoms with Gasteiger partial charge >= 0.3 is 12.8 Å². The first-order valence-electron chi connectivity index (χ1n) is 12.8. The van der Waals surface area contributed by atoms with Gasteiger partial charge in [0.2, 0.25) is 0 Å². The van der Waals surface area contributed by atoms with Crippen LogP contribution in [0.2, 0.25) is 0 Å². The number of anilines is 1. The van der Waals surface area contributed by atoms with Crippen LogP contribution in [0, 0.1) is 12.7 Å². The number of hydrogen-bond donors (Lipinski definition) is 1. The van der Waals surface area contributed by atoms with Gasteiger partial charge in [-0.1, -0.05) is 24.6 Å². The van der Waals surface area contributed by atoms with E-state index in [1.165, 1.54) is 29.9 Å². The van der Waals surface area contributed by atoms with Crippen LogP contribution in [0.5, 0.6) is 5.75 Å². The van der Waals surface area contributed by atoms with Crippen molar-refractivity contribution in [2.75, 3.05) is 19.0 Å². The Morgan fingerprint density at radius 1 is 1.15 bits per heavy atom. The average Bonchev–Trinajstić information content (AvgIpc) is 3.43. The highest BCUT2D eigenvalue weighted by Crippen LogP contribution is 2.52. The Hall–Kier alpha value is -3.54. The molecule has 6 nitrogen and oxygen atoms in total. The van der Waals surface area contributed by atoms with Crippen LogP contribution < -0.4 is 10.1 Å². The van der Waals surface area contributed by atoms with Crippen LogP contribution in [-0.4, -0.2) is 41.3 Å². The van der Waals surface area contributed by atoms with E-state index < -0.39 is 41.4 Å². The zero-order valence-corrected chi connectivity index (χ0v) is 22.3. The third-order valence-corrected chi connectivity index (χ3v) is 7.35. The number of benzene rings is 2. The van der Waals surface area contributed by atoms with Gasteiger partial charge in [0.1, 0.15) is 17.3 Å². The molecule has 2 heterocycles. The van der Waals surface area contributed by atoms with Crippen molar-refractivity contribution in [3.8, 4) is 22.6 Å². The first kappa shape index (κ1) is 28.0. The maximum atomic E-state index is 16.6. The first-order valence-corrected chi connectivity index (χ1v) is 12.8. The first-order chi connectivity index (χ1) is 18.8. The van der Waals surface area contributed by atoms with E-state index in [9.17, 15) is 22.0 Å². The third-order valence-electron chi connectivity index (χ3n) is 7.35. The van der Waals surface area contributed by atoms with Crippen LogP contribution in [0.1, 0.15) is 61.8 Å². The normalized spacial score (nSPS) is 17.3. The summed E-state index contributed by atoms with van der Waals surface area (Å²) in [6.07, 6.45) is -2.40. The Labute approximate surface area is 227 Å². The molecule has 0 saturated carbocycles. The molecule has 0 fully saturated rings. The number of aromatic nitrogens is 3. The van der Waals surface area contributed by atoms with Crippen molar-refractivity contribution >= 4 is 11.8 Å². The molecule has 1 aromatic heterocycles. The van der Waals surface area contributed by atoms with Gasteiger partial charge in [-0.15, -0.1) is 10.2 Å². The Morgan fingerprint density at radius 2 is 1.90 bits per heavy atom. The number of hydrogen-bond acceptors (Lipinski definition) is 5. The second kappa shape index (κ2) is 10.1. The molecule has 40 heavy (non-hydrogen) atoms. The highest BCUT2D eigenvalue weighted by atomic mass is 19.4. The van der Waals surface area contributed by atoms with Gasteiger partial charge in [0.05, 0.1) is 16.8 Å². The van der Waals surface area contributed by atoms with Gasteiger partial charge in [-0.2, -0.15) is 22.0 Å². The molecule has 1 aliphatic carbocycles. The summed E-state index contributed by atoms with van der Waals surface area (Å²) in [4.78, 5) is 0. The lowest BCUT2D eigenvalue weighted by atomic mass is 9.88. The molecular formula is C28H28F6N4O2. The molecule has 0 saturated heterocycles. The van der Waals surface area contributed by atoms with Gasteiger partial charge in [-0.05, 0) is 56.4 Å². The lowest BCUT2D eigenvalue weighted by Crippen LogP contribution is -2.36. The van der Waals surface area contributed by atoms with Gasteiger partial charge in [-0.25, -0.2) is 4.39 Å². The molecule has 1 unspecified atom stereocenters. The fourth-order valence-corrected chi connectivity index (χ4v) is 5.67. The topological polar surface area (TPSA) is 61.2 Å². The molecule has 2 aromatic carbocycles. The van der Waals surface area contributed by atoms with E-state index in [-0.39, 0.29) is 34.5 Å². The van der Waals surface area contributed by atoms with Gasteiger partial charge in [0.25, 0.3) is 0 Å². The average molecular weight is 567 g/mol. The summed E-state index contributed by atoms with van der Waals surface area (Å²) >= 11 is 0. The maximum Gasteiger partial charge on any atom is 0.413 e. The van der Waals surface area contributed by atoms with Crippen molar-refractivity contribution in [2.24, 2.45) is 0 Å². The van der Waals surface area contributed by atoms with Crippen molar-refractivity contribution in [1.82, 2.24) is 14.8 Å². The van der Waals surface area contributed by atoms with Crippen LogP contribution in [0.15, 0.2) is 29.8 Å². The predicted octanol–water partition coefficient (Wildman–Crippen LogP) is 7.50. The maximum absolute atomic E-state index is 16.6. The fraction of sp³-hybridized carbons (Fsp3) is 0.429. The molecule has 12 heteroatoms. The molecule has 1 N–H and O–H groups in total. The van der Waals surface area contributed by atoms with E-state index in [4.69, 9.17) is 9.47 Å². The Kier molecular flexibility index (Phi) is 7.10. The number of ether oxygens (including phenoxy) is 2. The van der Waals surface area contributed by atoms with Crippen LogP contribution in [-0.2, 0) is 10.3 Å². The number of rotatable bonds is 8. The number of alkyl halides is 5. The van der Waals surface area contributed by atoms with E-state index in [0.717, 1.165) is 6.08 Å². The molecule has 214 valence electrons. The minimum Gasteiger partial charge on any atom is -0.434 e. The minimum absolute atomic E-state index is 0.0201. The molecule has 0 bridgehead atoms. The van der Waals surface area contributed by atoms with E-state index in [1.807, 2.05) is 0 Å². The number of methoxy groups -OCH3 is 1. The SMILES string of the molecule is COCCCCC1C(C(F)(F)F)=Cc2c(-c3c(OC(F)F)cc4c(c3F)-n3c(C)nnc3C(C)(C)N4)cccc21. The summed E-state index contributed by atoms with van der Waals surface area (Å²) in [6.45, 7) is 2.28. The molecule has 1 atom stereocenters. The summed E-state index contributed by atoms with van der Waals surface area (Å²) in [5.74, 6) is -1.69. The van der Waals surface area contributed by atoms with Gasteiger partial charge in [0.15, 0.2) is 11.6 Å². The van der Waals surface area contributed by atoms with Crippen molar-refractivity contribution in [2.45, 2.75) is 64.3 Å². The monoisotopic (exact) mass is 566 g/mol. The Balaban J connectivity index is 1.73. The number of nitrogens with one attached hydrogen (secondary N) is 1. The molecule has 0 spiro atoms. The highest BCUT2D eigenvalue weighted by molar-refractivity contribution is 5.88. The number of aryl methyl sites for hydroxylation is 1. The van der Waals surface area contributed by atoms with Crippen LogP contribution in [0.3, 0.4) is 0 Å². The Bertz CT molecular complexity index is 1480. The van der Waals surface area contributed by atoms with Crippen LogP contribution in [0.25, 0.3) is 22.9 Å². The van der Waals surface area contributed by atoms with E-state index in [1.54, 1.807) is 26.8 Å². The Morgan fingerprint density at radius 3 is 2.58 bits per heavy atom. The van der Waals surface area contributed by atoms with E-state index >= 15 is 4.39 Å². The minimum atomic E-state index is -4.64. The van der Waals surface area contributed by atoms with Crippen molar-refractivity contribution in [3.05, 3.63) is 58.4 Å². The van der Waals surface area contributed by atoms with Crippen molar-refractivity contribution < 1.29 is 35.8 Å².